The molecule has 0 fully saturated rings. The van der Waals surface area contributed by atoms with Crippen LogP contribution in [0.25, 0.3) is 0 Å². The summed E-state index contributed by atoms with van der Waals surface area (Å²) in [6.45, 7) is 2.01. The van der Waals surface area contributed by atoms with Crippen LogP contribution in [0.1, 0.15) is 17.3 Å². The van der Waals surface area contributed by atoms with Crippen LogP contribution in [-0.2, 0) is 4.74 Å². The summed E-state index contributed by atoms with van der Waals surface area (Å²) >= 11 is 0. The molecule has 19 heavy (non-hydrogen) atoms. The number of carbonyl (C=O) groups is 2. The van der Waals surface area contributed by atoms with Crippen molar-refractivity contribution in [1.29, 1.82) is 0 Å². The fourth-order valence-corrected chi connectivity index (χ4v) is 1.33. The normalized spacial score (nSPS) is 11.7. The van der Waals surface area contributed by atoms with Crippen molar-refractivity contribution in [2.45, 2.75) is 13.0 Å². The number of anilines is 1. The van der Waals surface area contributed by atoms with Gasteiger partial charge in [0.05, 0.1) is 11.8 Å². The third kappa shape index (κ3) is 4.22. The molecule has 0 spiro atoms. The van der Waals surface area contributed by atoms with E-state index in [0.717, 1.165) is 6.07 Å². The highest BCUT2D eigenvalue weighted by Crippen LogP contribution is 2.18. The Bertz CT molecular complexity index is 479. The predicted octanol–water partition coefficient (Wildman–Crippen LogP) is 1.68. The summed E-state index contributed by atoms with van der Waals surface area (Å²) in [7, 11) is 1.50. The number of hydrogen-bond donors (Lipinski definition) is 3. The number of ether oxygens (including phenoxy) is 1. The summed E-state index contributed by atoms with van der Waals surface area (Å²) in [6, 6.07) is 3.01. The Kier molecular flexibility index (Phi) is 5.25. The Hall–Kier alpha value is -2.15. The van der Waals surface area contributed by atoms with Crippen molar-refractivity contribution in [3.05, 3.63) is 29.6 Å². The standard InChI is InChI=1S/C12H15FN2O4/c1-7(19-2)6-14-12(18)15-9-5-3-4-8(13)10(9)11(16)17/h3-5,7H,6H2,1-2H3,(H,16,17)(H2,14,15,18). The maximum absolute atomic E-state index is 13.3. The number of rotatable bonds is 5. The number of halogens is 1. The SMILES string of the molecule is COC(C)CNC(=O)Nc1cccc(F)c1C(=O)O. The molecule has 2 amide bonds. The van der Waals surface area contributed by atoms with Crippen LogP contribution in [-0.4, -0.2) is 36.9 Å². The van der Waals surface area contributed by atoms with Crippen molar-refractivity contribution < 1.29 is 23.8 Å². The zero-order chi connectivity index (χ0) is 14.4. The lowest BCUT2D eigenvalue weighted by molar-refractivity contribution is 0.0693. The van der Waals surface area contributed by atoms with Crippen molar-refractivity contribution >= 4 is 17.7 Å². The second-order valence-electron chi connectivity index (χ2n) is 3.85. The van der Waals surface area contributed by atoms with E-state index in [0.29, 0.717) is 0 Å². The summed E-state index contributed by atoms with van der Waals surface area (Å²) in [6.07, 6.45) is -0.183. The summed E-state index contributed by atoms with van der Waals surface area (Å²) in [5.41, 5.74) is -0.674. The van der Waals surface area contributed by atoms with Gasteiger partial charge in [-0.2, -0.15) is 0 Å². The van der Waals surface area contributed by atoms with Crippen LogP contribution >= 0.6 is 0 Å². The maximum Gasteiger partial charge on any atom is 0.340 e. The summed E-state index contributed by atoms with van der Waals surface area (Å²) in [4.78, 5) is 22.4. The van der Waals surface area contributed by atoms with Gasteiger partial charge in [-0.1, -0.05) is 6.07 Å². The second kappa shape index (κ2) is 6.69. The second-order valence-corrected chi connectivity index (χ2v) is 3.85. The molecule has 0 aliphatic rings. The van der Waals surface area contributed by atoms with Crippen LogP contribution in [0.2, 0.25) is 0 Å². The Morgan fingerprint density at radius 1 is 1.47 bits per heavy atom. The minimum Gasteiger partial charge on any atom is -0.478 e. The first-order valence-corrected chi connectivity index (χ1v) is 5.55. The zero-order valence-corrected chi connectivity index (χ0v) is 10.6. The van der Waals surface area contributed by atoms with E-state index >= 15 is 0 Å². The van der Waals surface area contributed by atoms with Crippen LogP contribution < -0.4 is 10.6 Å². The van der Waals surface area contributed by atoms with Gasteiger partial charge in [0, 0.05) is 13.7 Å². The average Bonchev–Trinajstić information content (AvgIpc) is 2.35. The van der Waals surface area contributed by atoms with E-state index in [1.807, 2.05) is 0 Å². The smallest absolute Gasteiger partial charge is 0.340 e. The van der Waals surface area contributed by atoms with Crippen LogP contribution in [0.5, 0.6) is 0 Å². The topological polar surface area (TPSA) is 87.7 Å². The van der Waals surface area contributed by atoms with Gasteiger partial charge in [0.2, 0.25) is 0 Å². The van der Waals surface area contributed by atoms with Crippen LogP contribution in [0, 0.1) is 5.82 Å². The predicted molar refractivity (Wildman–Crippen MR) is 66.9 cm³/mol. The minimum absolute atomic E-state index is 0.102. The van der Waals surface area contributed by atoms with E-state index in [9.17, 15) is 14.0 Å². The lowest BCUT2D eigenvalue weighted by Gasteiger charge is -2.13. The monoisotopic (exact) mass is 270 g/mol. The van der Waals surface area contributed by atoms with E-state index in [1.165, 1.54) is 19.2 Å². The number of carboxylic acid groups (broad SMARTS) is 1. The number of amides is 2. The van der Waals surface area contributed by atoms with Gasteiger partial charge in [-0.3, -0.25) is 0 Å². The Morgan fingerprint density at radius 3 is 2.74 bits per heavy atom. The van der Waals surface area contributed by atoms with E-state index < -0.39 is 23.4 Å². The van der Waals surface area contributed by atoms with E-state index in [4.69, 9.17) is 9.84 Å². The molecule has 1 aromatic rings. The Balaban J connectivity index is 2.74. The molecule has 104 valence electrons. The highest BCUT2D eigenvalue weighted by Gasteiger charge is 2.17. The van der Waals surface area contributed by atoms with Crippen molar-refractivity contribution in [2.24, 2.45) is 0 Å². The molecular weight excluding hydrogens is 255 g/mol. The number of urea groups is 1. The van der Waals surface area contributed by atoms with Crippen molar-refractivity contribution in [1.82, 2.24) is 5.32 Å². The summed E-state index contributed by atoms with van der Waals surface area (Å²) in [5, 5.41) is 13.6. The van der Waals surface area contributed by atoms with Gasteiger partial charge < -0.3 is 20.5 Å². The molecule has 0 saturated heterocycles. The van der Waals surface area contributed by atoms with Gasteiger partial charge in [0.25, 0.3) is 0 Å². The highest BCUT2D eigenvalue weighted by atomic mass is 19.1. The number of carboxylic acids is 1. The van der Waals surface area contributed by atoms with Crippen LogP contribution in [0.4, 0.5) is 14.9 Å². The third-order valence-corrected chi connectivity index (χ3v) is 2.43. The molecule has 0 heterocycles. The maximum atomic E-state index is 13.3. The number of aromatic carboxylic acids is 1. The average molecular weight is 270 g/mol. The highest BCUT2D eigenvalue weighted by molar-refractivity contribution is 6.00. The molecule has 0 aromatic heterocycles. The van der Waals surface area contributed by atoms with Gasteiger partial charge in [-0.15, -0.1) is 0 Å². The molecule has 0 bridgehead atoms. The molecular formula is C12H15FN2O4. The molecule has 0 radical (unpaired) electrons. The Morgan fingerprint density at radius 2 is 2.16 bits per heavy atom. The molecule has 0 saturated carbocycles. The van der Waals surface area contributed by atoms with Crippen molar-refractivity contribution in [2.75, 3.05) is 19.0 Å². The Labute approximate surface area is 109 Å². The fraction of sp³-hybridized carbons (Fsp3) is 0.333. The minimum atomic E-state index is -1.45. The lowest BCUT2D eigenvalue weighted by atomic mass is 10.1. The number of benzene rings is 1. The molecule has 0 aliphatic heterocycles. The first-order chi connectivity index (χ1) is 8.95. The first-order valence-electron chi connectivity index (χ1n) is 5.55. The van der Waals surface area contributed by atoms with E-state index in [-0.39, 0.29) is 18.3 Å². The third-order valence-electron chi connectivity index (χ3n) is 2.43. The first kappa shape index (κ1) is 14.9. The van der Waals surface area contributed by atoms with Gasteiger partial charge in [-0.05, 0) is 19.1 Å². The quantitative estimate of drug-likeness (QED) is 0.759. The largest absolute Gasteiger partial charge is 0.478 e. The van der Waals surface area contributed by atoms with Gasteiger partial charge in [0.15, 0.2) is 0 Å². The van der Waals surface area contributed by atoms with Gasteiger partial charge in [0.1, 0.15) is 11.4 Å². The number of hydrogen-bond acceptors (Lipinski definition) is 3. The number of methoxy groups -OCH3 is 1. The van der Waals surface area contributed by atoms with Crippen molar-refractivity contribution in [3.63, 3.8) is 0 Å². The zero-order valence-electron chi connectivity index (χ0n) is 10.6. The van der Waals surface area contributed by atoms with Gasteiger partial charge >= 0.3 is 12.0 Å². The summed E-state index contributed by atoms with van der Waals surface area (Å²) in [5.74, 6) is -2.35. The fourth-order valence-electron chi connectivity index (χ4n) is 1.33. The van der Waals surface area contributed by atoms with E-state index in [2.05, 4.69) is 10.6 Å². The lowest BCUT2D eigenvalue weighted by Crippen LogP contribution is -2.35. The molecule has 0 aliphatic carbocycles. The number of carbonyl (C=O) groups excluding carboxylic acids is 1. The number of nitrogens with one attached hydrogen (secondary N) is 2. The molecule has 1 aromatic carbocycles. The van der Waals surface area contributed by atoms with Crippen molar-refractivity contribution in [3.8, 4) is 0 Å². The van der Waals surface area contributed by atoms with Gasteiger partial charge in [-0.25, -0.2) is 14.0 Å². The molecule has 1 rings (SSSR count). The molecule has 6 nitrogen and oxygen atoms in total. The molecule has 3 N–H and O–H groups in total. The molecule has 7 heteroatoms. The van der Waals surface area contributed by atoms with Crippen LogP contribution in [0.15, 0.2) is 18.2 Å². The molecule has 1 atom stereocenters. The van der Waals surface area contributed by atoms with Crippen LogP contribution in [0.3, 0.4) is 0 Å². The molecule has 1 unspecified atom stereocenters. The van der Waals surface area contributed by atoms with E-state index in [1.54, 1.807) is 6.92 Å². The summed E-state index contributed by atoms with van der Waals surface area (Å²) < 4.78 is 18.3.